The molecule has 3 amide bonds. The largest absolute Gasteiger partial charge is 0.506 e. The van der Waals surface area contributed by atoms with Crippen molar-refractivity contribution in [3.8, 4) is 11.8 Å². The molecule has 1 aliphatic carbocycles. The minimum atomic E-state index is -1.03. The highest BCUT2D eigenvalue weighted by Crippen LogP contribution is 2.30. The Morgan fingerprint density at radius 2 is 1.62 bits per heavy atom. The zero-order chi connectivity index (χ0) is 20.5. The van der Waals surface area contributed by atoms with Gasteiger partial charge in [-0.15, -0.1) is 4.90 Å². The Labute approximate surface area is 166 Å². The van der Waals surface area contributed by atoms with Crippen molar-refractivity contribution in [2.45, 2.75) is 0 Å². The molecule has 0 saturated heterocycles. The monoisotopic (exact) mass is 389 g/mol. The van der Waals surface area contributed by atoms with E-state index in [9.17, 15) is 18.4 Å². The molecule has 1 atom stereocenters. The fourth-order valence-electron chi connectivity index (χ4n) is 3.28. The topological polar surface area (TPSA) is 40.4 Å². The molecule has 1 aliphatic heterocycles. The van der Waals surface area contributed by atoms with E-state index < -0.39 is 35.2 Å². The Bertz CT molecular complexity index is 1160. The summed E-state index contributed by atoms with van der Waals surface area (Å²) in [7, 11) is 1.46. The number of urea groups is 1. The lowest BCUT2D eigenvalue weighted by Crippen LogP contribution is -2.54. The van der Waals surface area contributed by atoms with Gasteiger partial charge in [0, 0.05) is 11.1 Å². The van der Waals surface area contributed by atoms with Gasteiger partial charge in [0.25, 0.3) is 0 Å². The lowest BCUT2D eigenvalue weighted by atomic mass is 9.94. The van der Waals surface area contributed by atoms with Gasteiger partial charge in [-0.1, -0.05) is 48.3 Å². The van der Waals surface area contributed by atoms with E-state index in [-0.39, 0.29) is 5.56 Å². The molecule has 2 aromatic carbocycles. The highest BCUT2D eigenvalue weighted by atomic mass is 19.1. The zero-order valence-electron chi connectivity index (χ0n) is 15.4. The van der Waals surface area contributed by atoms with Crippen LogP contribution in [0.15, 0.2) is 66.8 Å². The Balaban J connectivity index is 1.75. The van der Waals surface area contributed by atoms with Gasteiger partial charge in [-0.3, -0.25) is 0 Å². The lowest BCUT2D eigenvalue weighted by Gasteiger charge is -2.25. The third kappa shape index (κ3) is 3.27. The van der Waals surface area contributed by atoms with Gasteiger partial charge in [-0.05, 0) is 30.3 Å². The van der Waals surface area contributed by atoms with Crippen LogP contribution in [0.1, 0.15) is 11.1 Å². The van der Waals surface area contributed by atoms with Gasteiger partial charge in [-0.25, -0.2) is 13.6 Å². The summed E-state index contributed by atoms with van der Waals surface area (Å²) >= 11 is 0. The maximum atomic E-state index is 14.8. The molecule has 2 aliphatic rings. The molecule has 2 aromatic rings. The van der Waals surface area contributed by atoms with Crippen molar-refractivity contribution in [2.75, 3.05) is 11.9 Å². The smallest absolute Gasteiger partial charge is 0.245 e. The number of allylic oxidation sites excluding steroid dienone is 3. The predicted octanol–water partition coefficient (Wildman–Crippen LogP) is 3.66. The van der Waals surface area contributed by atoms with Crippen LogP contribution in [0.5, 0.6) is 0 Å². The van der Waals surface area contributed by atoms with Crippen molar-refractivity contribution < 1.29 is 22.9 Å². The molecule has 0 bridgehead atoms. The minimum absolute atomic E-state index is 0.102. The van der Waals surface area contributed by atoms with Gasteiger partial charge in [0.15, 0.2) is 11.6 Å². The second kappa shape index (κ2) is 7.28. The van der Waals surface area contributed by atoms with E-state index in [4.69, 9.17) is 0 Å². The summed E-state index contributed by atoms with van der Waals surface area (Å²) in [6.45, 7) is 0. The quantitative estimate of drug-likeness (QED) is 0.552. The molecule has 0 radical (unpaired) electrons. The van der Waals surface area contributed by atoms with Crippen LogP contribution in [0.25, 0.3) is 0 Å². The molecule has 1 heterocycles. The Morgan fingerprint density at radius 1 is 0.966 bits per heavy atom. The number of imide groups is 1. The zero-order valence-corrected chi connectivity index (χ0v) is 15.4. The number of hydrogen-bond donors (Lipinski definition) is 0. The minimum Gasteiger partial charge on any atom is -0.245 e. The van der Waals surface area contributed by atoms with Gasteiger partial charge in [0.1, 0.15) is 11.6 Å². The average molecular weight is 389 g/mol. The second-order valence-electron chi connectivity index (χ2n) is 6.57. The van der Waals surface area contributed by atoms with Crippen molar-refractivity contribution in [1.29, 1.82) is 0 Å². The molecule has 0 saturated carbocycles. The molecular formula is C23H15F2N2O2+. The van der Waals surface area contributed by atoms with E-state index in [0.29, 0.717) is 16.2 Å². The van der Waals surface area contributed by atoms with Crippen LogP contribution in [0.2, 0.25) is 0 Å². The second-order valence-corrected chi connectivity index (χ2v) is 6.57. The van der Waals surface area contributed by atoms with Gasteiger partial charge >= 0.3 is 11.9 Å². The molecule has 0 N–H and O–H groups in total. The van der Waals surface area contributed by atoms with E-state index in [0.717, 1.165) is 12.1 Å². The van der Waals surface area contributed by atoms with Gasteiger partial charge in [0.2, 0.25) is 5.69 Å². The van der Waals surface area contributed by atoms with Gasteiger partial charge in [0.05, 0.1) is 7.05 Å². The van der Waals surface area contributed by atoms with Crippen LogP contribution in [-0.4, -0.2) is 29.3 Å². The van der Waals surface area contributed by atoms with Crippen LogP contribution in [0, 0.1) is 29.4 Å². The van der Waals surface area contributed by atoms with E-state index in [1.807, 2.05) is 6.07 Å². The molecule has 29 heavy (non-hydrogen) atoms. The maximum Gasteiger partial charge on any atom is 0.506 e. The molecule has 6 heteroatoms. The number of amides is 3. The summed E-state index contributed by atoms with van der Waals surface area (Å²) in [6.07, 6.45) is 6.57. The number of rotatable bonds is 1. The number of carbonyl (C=O) groups excluding carboxylic acids is 2. The predicted molar refractivity (Wildman–Crippen MR) is 105 cm³/mol. The summed E-state index contributed by atoms with van der Waals surface area (Å²) in [6, 6.07) is 10.2. The van der Waals surface area contributed by atoms with Crippen molar-refractivity contribution in [3.63, 3.8) is 0 Å². The molecular weight excluding hydrogens is 374 g/mol. The highest BCUT2D eigenvalue weighted by Gasteiger charge is 2.48. The summed E-state index contributed by atoms with van der Waals surface area (Å²) in [5, 5.41) is 0. The number of hydrogen-bond acceptors (Lipinski definition) is 2. The van der Waals surface area contributed by atoms with Crippen LogP contribution in [0.3, 0.4) is 0 Å². The fraction of sp³-hybridized carbons (Fsp3) is 0.0870. The van der Waals surface area contributed by atoms with Gasteiger partial charge < -0.3 is 0 Å². The number of halogens is 2. The molecule has 142 valence electrons. The van der Waals surface area contributed by atoms with E-state index >= 15 is 0 Å². The number of benzene rings is 2. The standard InChI is InChI=1S/C23H15F2N2O2/c1-26-20-10-6-5-9-17(20)22(28)27(23(26)29)21-18(24)13-16(14-19(21)25)12-11-15-7-3-2-4-8-15/h2-10,13-14,17H,1H3/q+1. The summed E-state index contributed by atoms with van der Waals surface area (Å²) < 4.78 is 30.8. The number of fused-ring (bicyclic) bond motifs is 1. The number of nitrogens with zero attached hydrogens (tertiary/aromatic N) is 2. The SMILES string of the molecule is C[N+]1=C2C=CC=CC2C(=O)N(c2c(F)cc(C#Cc3ccccc3)cc2F)C1=O. The molecule has 0 fully saturated rings. The Kier molecular flexibility index (Phi) is 4.65. The van der Waals surface area contributed by atoms with Crippen LogP contribution < -0.4 is 4.90 Å². The number of anilines is 1. The maximum absolute atomic E-state index is 14.8. The lowest BCUT2D eigenvalue weighted by molar-refractivity contribution is -0.393. The highest BCUT2D eigenvalue weighted by molar-refractivity contribution is 6.25. The van der Waals surface area contributed by atoms with E-state index in [1.54, 1.807) is 48.6 Å². The van der Waals surface area contributed by atoms with Crippen LogP contribution in [0.4, 0.5) is 19.3 Å². The van der Waals surface area contributed by atoms with Crippen molar-refractivity contribution in [2.24, 2.45) is 5.92 Å². The summed E-state index contributed by atoms with van der Waals surface area (Å²) in [4.78, 5) is 26.1. The van der Waals surface area contributed by atoms with Crippen molar-refractivity contribution >= 4 is 23.3 Å². The number of carbonyl (C=O) groups is 2. The average Bonchev–Trinajstić information content (AvgIpc) is 2.73. The Morgan fingerprint density at radius 3 is 2.31 bits per heavy atom. The van der Waals surface area contributed by atoms with Crippen LogP contribution in [-0.2, 0) is 4.79 Å². The van der Waals surface area contributed by atoms with E-state index in [2.05, 4.69) is 11.8 Å². The van der Waals surface area contributed by atoms with Gasteiger partial charge in [-0.2, -0.15) is 9.37 Å². The first-order valence-electron chi connectivity index (χ1n) is 8.87. The third-order valence-corrected chi connectivity index (χ3v) is 4.72. The molecule has 0 aromatic heterocycles. The first-order chi connectivity index (χ1) is 14.0. The molecule has 4 nitrogen and oxygen atoms in total. The normalized spacial score (nSPS) is 17.9. The van der Waals surface area contributed by atoms with Crippen molar-refractivity contribution in [3.05, 3.63) is 89.5 Å². The first kappa shape index (κ1) is 18.5. The third-order valence-electron chi connectivity index (χ3n) is 4.72. The molecule has 4 rings (SSSR count). The molecule has 1 unspecified atom stereocenters. The fourth-order valence-corrected chi connectivity index (χ4v) is 3.28. The van der Waals surface area contributed by atoms with Crippen LogP contribution >= 0.6 is 0 Å². The molecule has 0 spiro atoms. The van der Waals surface area contributed by atoms with E-state index in [1.165, 1.54) is 11.6 Å². The first-order valence-corrected chi connectivity index (χ1v) is 8.87. The Hall–Kier alpha value is -3.85. The van der Waals surface area contributed by atoms with Crippen molar-refractivity contribution in [1.82, 2.24) is 0 Å². The summed E-state index contributed by atoms with van der Waals surface area (Å²) in [5.74, 6) is 1.97. The summed E-state index contributed by atoms with van der Waals surface area (Å²) in [5.41, 5.74) is 0.565.